The van der Waals surface area contributed by atoms with Crippen molar-refractivity contribution in [2.24, 2.45) is 7.05 Å². The zero-order chi connectivity index (χ0) is 29.9. The number of H-pyrrole nitrogens is 1. The summed E-state index contributed by atoms with van der Waals surface area (Å²) in [6.07, 6.45) is 0.479. The van der Waals surface area contributed by atoms with Crippen LogP contribution in [0.4, 0.5) is 4.79 Å². The van der Waals surface area contributed by atoms with Crippen molar-refractivity contribution in [3.05, 3.63) is 34.2 Å². The summed E-state index contributed by atoms with van der Waals surface area (Å²) < 4.78 is 47.2. The largest absolute Gasteiger partial charge is 1.00 e. The van der Waals surface area contributed by atoms with Gasteiger partial charge in [-0.1, -0.05) is 13.3 Å². The Morgan fingerprint density at radius 2 is 1.88 bits per heavy atom. The van der Waals surface area contributed by atoms with Gasteiger partial charge in [-0.15, -0.1) is 0 Å². The summed E-state index contributed by atoms with van der Waals surface area (Å²) in [5.41, 5.74) is 1.59. The first kappa shape index (κ1) is 33.7. The number of hydrogen-bond donors (Lipinski definition) is 1. The zero-order valence-electron chi connectivity index (χ0n) is 24.8. The van der Waals surface area contributed by atoms with E-state index in [9.17, 15) is 18.0 Å². The number of quaternary nitrogens is 1. The van der Waals surface area contributed by atoms with Crippen LogP contribution >= 0.6 is 0 Å². The second-order valence-corrected chi connectivity index (χ2v) is 12.6. The molecule has 0 bridgehead atoms. The third-order valence-corrected chi connectivity index (χ3v) is 9.00. The van der Waals surface area contributed by atoms with Crippen LogP contribution in [0.3, 0.4) is 0 Å². The Labute approximate surface area is 262 Å². The minimum absolute atomic E-state index is 0. The number of sulfonamides is 1. The maximum atomic E-state index is 13.8. The van der Waals surface area contributed by atoms with Crippen molar-refractivity contribution in [1.82, 2.24) is 24.1 Å². The molecule has 4 rings (SSSR count). The summed E-state index contributed by atoms with van der Waals surface area (Å²) in [6, 6.07) is 4.62. The number of carbonyl (C=O) groups excluding carboxylic acids is 1. The molecule has 15 heteroatoms. The first-order valence-electron chi connectivity index (χ1n) is 13.8. The van der Waals surface area contributed by atoms with Crippen molar-refractivity contribution in [3.63, 3.8) is 0 Å². The standard InChI is InChI=1S/C27H38N6O7S.HI/c1-7-9-21-24-23(30-29-21)26(34)28-25(31(24)5)20-16-19(10-11-22(20)38-8-2)41(36,37)32-12-14-33(6,15-13-32)17-39-27(35)40-18(3)4;/h10-11,16,18H,7-9,12-15,17H2,1-6H3;1H. The van der Waals surface area contributed by atoms with Crippen LogP contribution in [0.1, 0.15) is 39.8 Å². The Balaban J connectivity index is 0.00000484. The Kier molecular flexibility index (Phi) is 11.0. The molecule has 13 nitrogen and oxygen atoms in total. The maximum Gasteiger partial charge on any atom is 0.512 e. The number of aromatic amines is 1. The van der Waals surface area contributed by atoms with Gasteiger partial charge in [0.05, 0.1) is 67.6 Å². The number of aromatic nitrogens is 4. The number of piperazine rings is 1. The summed E-state index contributed by atoms with van der Waals surface area (Å²) >= 11 is 0. The van der Waals surface area contributed by atoms with Crippen LogP contribution in [0, 0.1) is 0 Å². The molecule has 3 aromatic rings. The van der Waals surface area contributed by atoms with Gasteiger partial charge in [-0.25, -0.2) is 13.2 Å². The molecule has 1 aliphatic rings. The number of fused-ring (bicyclic) bond motifs is 1. The smallest absolute Gasteiger partial charge is 0.512 e. The highest BCUT2D eigenvalue weighted by Crippen LogP contribution is 2.33. The van der Waals surface area contributed by atoms with Crippen molar-refractivity contribution in [1.29, 1.82) is 0 Å². The molecule has 0 unspecified atom stereocenters. The Hall–Kier alpha value is -2.76. The van der Waals surface area contributed by atoms with Crippen molar-refractivity contribution < 1.29 is 55.9 Å². The molecule has 1 aliphatic heterocycles. The summed E-state index contributed by atoms with van der Waals surface area (Å²) in [5.74, 6) is 0.706. The SMILES string of the molecule is CCCc1n[nH]c2c(=O)nc(-c3cc(S(=O)(=O)N4CC[N+](C)(COC(=O)OC(C)C)CC4)ccc3OCC)n(C)c12.[I-]. The predicted molar refractivity (Wildman–Crippen MR) is 152 cm³/mol. The number of rotatable bonds is 10. The molecule has 42 heavy (non-hydrogen) atoms. The van der Waals surface area contributed by atoms with E-state index >= 15 is 0 Å². The minimum Gasteiger partial charge on any atom is -1.00 e. The van der Waals surface area contributed by atoms with E-state index in [4.69, 9.17) is 14.2 Å². The predicted octanol–water partition coefficient (Wildman–Crippen LogP) is -0.351. The van der Waals surface area contributed by atoms with Gasteiger partial charge in [0, 0.05) is 7.05 Å². The van der Waals surface area contributed by atoms with Crippen LogP contribution in [0.15, 0.2) is 27.9 Å². The number of carbonyl (C=O) groups is 1. The average molecular weight is 719 g/mol. The van der Waals surface area contributed by atoms with Crippen LogP contribution in [-0.2, 0) is 33.0 Å². The average Bonchev–Trinajstić information content (AvgIpc) is 3.35. The van der Waals surface area contributed by atoms with Crippen LogP contribution in [-0.4, -0.2) is 95.8 Å². The van der Waals surface area contributed by atoms with Crippen molar-refractivity contribution in [2.45, 2.75) is 51.5 Å². The van der Waals surface area contributed by atoms with Gasteiger partial charge in [0.2, 0.25) is 16.8 Å². The molecule has 0 saturated carbocycles. The zero-order valence-corrected chi connectivity index (χ0v) is 27.8. The van der Waals surface area contributed by atoms with Gasteiger partial charge >= 0.3 is 6.16 Å². The van der Waals surface area contributed by atoms with E-state index in [0.29, 0.717) is 52.9 Å². The molecule has 0 spiro atoms. The van der Waals surface area contributed by atoms with Crippen LogP contribution in [0.25, 0.3) is 22.4 Å². The first-order valence-corrected chi connectivity index (χ1v) is 15.2. The molecule has 3 heterocycles. The van der Waals surface area contributed by atoms with Gasteiger partial charge in [-0.2, -0.15) is 14.4 Å². The van der Waals surface area contributed by atoms with Crippen LogP contribution < -0.4 is 34.3 Å². The van der Waals surface area contributed by atoms with Crippen molar-refractivity contribution in [3.8, 4) is 17.1 Å². The first-order chi connectivity index (χ1) is 19.4. The molecular weight excluding hydrogens is 679 g/mol. The van der Waals surface area contributed by atoms with Gasteiger partial charge in [0.15, 0.2) is 0 Å². The second-order valence-electron chi connectivity index (χ2n) is 10.7. The minimum atomic E-state index is -3.89. The third-order valence-electron chi connectivity index (χ3n) is 7.11. The van der Waals surface area contributed by atoms with Gasteiger partial charge in [0.25, 0.3) is 5.56 Å². The summed E-state index contributed by atoms with van der Waals surface area (Å²) in [4.78, 5) is 29.1. The Bertz CT molecular complexity index is 1580. The lowest BCUT2D eigenvalue weighted by Gasteiger charge is -2.40. The summed E-state index contributed by atoms with van der Waals surface area (Å²) in [6.45, 7) is 9.14. The van der Waals surface area contributed by atoms with E-state index in [1.54, 1.807) is 31.5 Å². The van der Waals surface area contributed by atoms with E-state index in [1.807, 2.05) is 20.9 Å². The van der Waals surface area contributed by atoms with Gasteiger partial charge in [-0.3, -0.25) is 14.4 Å². The highest BCUT2D eigenvalue weighted by atomic mass is 127. The van der Waals surface area contributed by atoms with E-state index in [2.05, 4.69) is 15.2 Å². The fourth-order valence-corrected chi connectivity index (χ4v) is 6.33. The topological polar surface area (TPSA) is 146 Å². The molecule has 232 valence electrons. The van der Waals surface area contributed by atoms with Crippen molar-refractivity contribution >= 4 is 27.2 Å². The molecule has 0 amide bonds. The number of nitrogens with zero attached hydrogens (tertiary/aromatic N) is 5. The monoisotopic (exact) mass is 718 g/mol. The third kappa shape index (κ3) is 7.06. The summed E-state index contributed by atoms with van der Waals surface area (Å²) in [7, 11) is -0.206. The lowest BCUT2D eigenvalue weighted by atomic mass is 10.1. The Morgan fingerprint density at radius 1 is 1.19 bits per heavy atom. The lowest BCUT2D eigenvalue weighted by Crippen LogP contribution is -3.00. The molecular formula is C27H39IN6O7S. The van der Waals surface area contributed by atoms with E-state index in [1.165, 1.54) is 16.4 Å². The van der Waals surface area contributed by atoms with Crippen molar-refractivity contribution in [2.75, 3.05) is 46.6 Å². The van der Waals surface area contributed by atoms with E-state index in [-0.39, 0.29) is 60.6 Å². The number of benzene rings is 1. The highest BCUT2D eigenvalue weighted by Gasteiger charge is 2.36. The van der Waals surface area contributed by atoms with Gasteiger partial charge < -0.3 is 42.8 Å². The maximum absolute atomic E-state index is 13.8. The fourth-order valence-electron chi connectivity index (χ4n) is 4.88. The molecule has 1 saturated heterocycles. The number of halogens is 1. The molecule has 1 N–H and O–H groups in total. The number of hydrogen-bond acceptors (Lipinski definition) is 9. The number of aryl methyl sites for hydroxylation is 2. The second kappa shape index (κ2) is 13.7. The number of likely N-dealkylation sites (N-methyl/N-ethyl adjacent to an activating group) is 1. The molecule has 0 aliphatic carbocycles. The van der Waals surface area contributed by atoms with Crippen LogP contribution in [0.5, 0.6) is 5.75 Å². The van der Waals surface area contributed by atoms with Gasteiger partial charge in [-0.05, 0) is 45.4 Å². The van der Waals surface area contributed by atoms with E-state index < -0.39 is 21.7 Å². The number of ether oxygens (including phenoxy) is 3. The van der Waals surface area contributed by atoms with Gasteiger partial charge in [0.1, 0.15) is 17.1 Å². The highest BCUT2D eigenvalue weighted by molar-refractivity contribution is 7.89. The number of nitrogens with one attached hydrogen (secondary N) is 1. The normalized spacial score (nSPS) is 15.4. The summed E-state index contributed by atoms with van der Waals surface area (Å²) in [5, 5.41) is 7.10. The molecule has 0 atom stereocenters. The van der Waals surface area contributed by atoms with Crippen LogP contribution in [0.2, 0.25) is 0 Å². The Morgan fingerprint density at radius 3 is 2.50 bits per heavy atom. The lowest BCUT2D eigenvalue weighted by molar-refractivity contribution is -0.928. The molecule has 1 aromatic carbocycles. The van der Waals surface area contributed by atoms with E-state index in [0.717, 1.165) is 12.1 Å². The quantitative estimate of drug-likeness (QED) is 0.169. The fraction of sp³-hybridized carbons (Fsp3) is 0.556. The molecule has 0 radical (unpaired) electrons. The molecule has 1 fully saturated rings. The molecule has 2 aromatic heterocycles.